The first-order valence-electron chi connectivity index (χ1n) is 6.58. The van der Waals surface area contributed by atoms with Crippen LogP contribution in [0.5, 0.6) is 0 Å². The molecule has 0 aliphatic carbocycles. The van der Waals surface area contributed by atoms with Crippen molar-refractivity contribution in [3.8, 4) is 0 Å². The van der Waals surface area contributed by atoms with Crippen molar-refractivity contribution in [1.29, 1.82) is 0 Å². The smallest absolute Gasteiger partial charge is 0.216 e. The molecule has 1 unspecified atom stereocenters. The lowest BCUT2D eigenvalue weighted by molar-refractivity contribution is -0.121. The molecule has 118 valence electrons. The van der Waals surface area contributed by atoms with E-state index in [0.717, 1.165) is 18.5 Å². The van der Waals surface area contributed by atoms with Crippen LogP contribution in [0.25, 0.3) is 0 Å². The predicted molar refractivity (Wildman–Crippen MR) is 87.5 cm³/mol. The molecule has 1 aromatic carbocycles. The quantitative estimate of drug-likeness (QED) is 0.878. The van der Waals surface area contributed by atoms with E-state index in [2.05, 4.69) is 10.6 Å². The third kappa shape index (κ3) is 4.73. The Kier molecular flexibility index (Phi) is 7.24. The van der Waals surface area contributed by atoms with Gasteiger partial charge in [0.25, 0.3) is 0 Å². The number of carbonyl (C=O) groups excluding carboxylic acids is 1. The molecular weight excluding hydrogens is 335 g/mol. The molecule has 1 aliphatic rings. The predicted octanol–water partition coefficient (Wildman–Crippen LogP) is 2.76. The van der Waals surface area contributed by atoms with Crippen LogP contribution in [0.15, 0.2) is 18.2 Å². The van der Waals surface area contributed by atoms with Crippen molar-refractivity contribution in [2.45, 2.75) is 18.9 Å². The summed E-state index contributed by atoms with van der Waals surface area (Å²) in [4.78, 5) is 11.2. The highest BCUT2D eigenvalue weighted by Gasteiger charge is 2.35. The number of rotatable bonds is 3. The van der Waals surface area contributed by atoms with Crippen LogP contribution in [-0.2, 0) is 15.1 Å². The number of ether oxygens (including phenoxy) is 1. The van der Waals surface area contributed by atoms with Crippen LogP contribution in [0.2, 0.25) is 10.0 Å². The molecule has 7 heteroatoms. The molecule has 1 aromatic rings. The molecule has 1 fully saturated rings. The number of benzene rings is 1. The number of halogens is 3. The third-order valence-electron chi connectivity index (χ3n) is 3.36. The fourth-order valence-electron chi connectivity index (χ4n) is 2.25. The van der Waals surface area contributed by atoms with Gasteiger partial charge in [0.2, 0.25) is 5.91 Å². The number of hydrogen-bond donors (Lipinski definition) is 2. The molecule has 1 saturated heterocycles. The Labute approximate surface area is 140 Å². The van der Waals surface area contributed by atoms with Crippen LogP contribution in [-0.4, -0.2) is 32.1 Å². The Morgan fingerprint density at radius 3 is 2.86 bits per heavy atom. The van der Waals surface area contributed by atoms with E-state index in [1.807, 2.05) is 6.07 Å². The van der Waals surface area contributed by atoms with E-state index >= 15 is 0 Å². The molecular formula is C14H19Cl3N2O2. The van der Waals surface area contributed by atoms with Crippen LogP contribution in [0.4, 0.5) is 0 Å². The highest BCUT2D eigenvalue weighted by Crippen LogP contribution is 2.31. The molecule has 0 bridgehead atoms. The summed E-state index contributed by atoms with van der Waals surface area (Å²) < 4.78 is 6.04. The van der Waals surface area contributed by atoms with Gasteiger partial charge in [-0.3, -0.25) is 4.79 Å². The molecule has 1 heterocycles. The number of carbonyl (C=O) groups is 1. The van der Waals surface area contributed by atoms with E-state index in [9.17, 15) is 4.79 Å². The maximum atomic E-state index is 11.2. The summed E-state index contributed by atoms with van der Waals surface area (Å²) in [5.74, 6) is -0.0858. The maximum absolute atomic E-state index is 11.2. The lowest BCUT2D eigenvalue weighted by Crippen LogP contribution is -2.47. The van der Waals surface area contributed by atoms with Gasteiger partial charge in [-0.2, -0.15) is 0 Å². The monoisotopic (exact) mass is 352 g/mol. The molecule has 21 heavy (non-hydrogen) atoms. The molecule has 2 N–H and O–H groups in total. The molecule has 0 aromatic heterocycles. The van der Waals surface area contributed by atoms with Crippen molar-refractivity contribution < 1.29 is 9.53 Å². The standard InChI is InChI=1S/C14H18Cl2N2O2.ClH/c1-10(19)18-9-14(8-17-5-2-6-20-14)11-3-4-12(15)13(16)7-11;/h3-4,7,17H,2,5-6,8-9H2,1H3,(H,18,19);1H. The average molecular weight is 354 g/mol. The number of amides is 1. The summed E-state index contributed by atoms with van der Waals surface area (Å²) in [5.41, 5.74) is 0.297. The Hall–Kier alpha value is -0.520. The minimum atomic E-state index is -0.615. The van der Waals surface area contributed by atoms with Gasteiger partial charge in [-0.1, -0.05) is 29.3 Å². The van der Waals surface area contributed by atoms with Gasteiger partial charge >= 0.3 is 0 Å². The summed E-state index contributed by atoms with van der Waals surface area (Å²) in [7, 11) is 0. The summed E-state index contributed by atoms with van der Waals surface area (Å²) in [6.45, 7) is 4.03. The minimum absolute atomic E-state index is 0. The van der Waals surface area contributed by atoms with Gasteiger partial charge in [0, 0.05) is 20.1 Å². The molecule has 4 nitrogen and oxygen atoms in total. The average Bonchev–Trinajstić information content (AvgIpc) is 2.66. The van der Waals surface area contributed by atoms with Crippen molar-refractivity contribution in [3.05, 3.63) is 33.8 Å². The summed E-state index contributed by atoms with van der Waals surface area (Å²) in [6.07, 6.45) is 0.934. The maximum Gasteiger partial charge on any atom is 0.216 e. The second-order valence-electron chi connectivity index (χ2n) is 4.91. The minimum Gasteiger partial charge on any atom is -0.367 e. The van der Waals surface area contributed by atoms with E-state index in [0.29, 0.717) is 29.7 Å². The normalized spacial score (nSPS) is 22.0. The van der Waals surface area contributed by atoms with Crippen molar-refractivity contribution in [1.82, 2.24) is 10.6 Å². The topological polar surface area (TPSA) is 50.4 Å². The SMILES string of the molecule is CC(=O)NCC1(c2ccc(Cl)c(Cl)c2)CNCCCO1.Cl. The fourth-order valence-corrected chi connectivity index (χ4v) is 2.55. The van der Waals surface area contributed by atoms with Crippen molar-refractivity contribution >= 4 is 41.5 Å². The van der Waals surface area contributed by atoms with Crippen molar-refractivity contribution in [3.63, 3.8) is 0 Å². The second kappa shape index (κ2) is 8.20. The van der Waals surface area contributed by atoms with Gasteiger partial charge in [-0.25, -0.2) is 0 Å². The van der Waals surface area contributed by atoms with Gasteiger partial charge in [0.1, 0.15) is 5.60 Å². The largest absolute Gasteiger partial charge is 0.367 e. The van der Waals surface area contributed by atoms with Gasteiger partial charge in [-0.15, -0.1) is 12.4 Å². The van der Waals surface area contributed by atoms with E-state index in [4.69, 9.17) is 27.9 Å². The number of nitrogens with one attached hydrogen (secondary N) is 2. The molecule has 1 amide bonds. The molecule has 0 saturated carbocycles. The van der Waals surface area contributed by atoms with Gasteiger partial charge in [0.15, 0.2) is 0 Å². The zero-order valence-electron chi connectivity index (χ0n) is 11.7. The lowest BCUT2D eigenvalue weighted by Gasteiger charge is -2.33. The van der Waals surface area contributed by atoms with Crippen LogP contribution >= 0.6 is 35.6 Å². The molecule has 2 rings (SSSR count). The molecule has 1 atom stereocenters. The summed E-state index contributed by atoms with van der Waals surface area (Å²) in [5, 5.41) is 7.17. The lowest BCUT2D eigenvalue weighted by atomic mass is 9.93. The van der Waals surface area contributed by atoms with Gasteiger partial charge in [0.05, 0.1) is 16.6 Å². The van der Waals surface area contributed by atoms with Crippen LogP contribution < -0.4 is 10.6 Å². The van der Waals surface area contributed by atoms with E-state index in [-0.39, 0.29) is 18.3 Å². The Balaban J connectivity index is 0.00000220. The van der Waals surface area contributed by atoms with Crippen LogP contribution in [0.3, 0.4) is 0 Å². The zero-order chi connectivity index (χ0) is 14.6. The Morgan fingerprint density at radius 2 is 2.19 bits per heavy atom. The van der Waals surface area contributed by atoms with E-state index in [1.165, 1.54) is 6.92 Å². The Morgan fingerprint density at radius 1 is 1.43 bits per heavy atom. The first-order valence-corrected chi connectivity index (χ1v) is 7.34. The van der Waals surface area contributed by atoms with Gasteiger partial charge < -0.3 is 15.4 Å². The fraction of sp³-hybridized carbons (Fsp3) is 0.500. The highest BCUT2D eigenvalue weighted by molar-refractivity contribution is 6.42. The van der Waals surface area contributed by atoms with Crippen molar-refractivity contribution in [2.24, 2.45) is 0 Å². The van der Waals surface area contributed by atoms with Crippen molar-refractivity contribution in [2.75, 3.05) is 26.2 Å². The number of hydrogen-bond acceptors (Lipinski definition) is 3. The summed E-state index contributed by atoms with van der Waals surface area (Å²) >= 11 is 12.1. The van der Waals surface area contributed by atoms with Gasteiger partial charge in [-0.05, 0) is 30.7 Å². The van der Waals surface area contributed by atoms with Crippen LogP contribution in [0, 0.1) is 0 Å². The Bertz CT molecular complexity index is 489. The van der Waals surface area contributed by atoms with E-state index < -0.39 is 5.60 Å². The molecule has 0 radical (unpaired) electrons. The second-order valence-corrected chi connectivity index (χ2v) is 5.73. The first kappa shape index (κ1) is 18.5. The van der Waals surface area contributed by atoms with E-state index in [1.54, 1.807) is 12.1 Å². The highest BCUT2D eigenvalue weighted by atomic mass is 35.5. The molecule has 0 spiro atoms. The third-order valence-corrected chi connectivity index (χ3v) is 4.09. The summed E-state index contributed by atoms with van der Waals surface area (Å²) in [6, 6.07) is 5.45. The van der Waals surface area contributed by atoms with Crippen LogP contribution in [0.1, 0.15) is 18.9 Å². The first-order chi connectivity index (χ1) is 9.53. The zero-order valence-corrected chi connectivity index (χ0v) is 14.1. The molecule has 1 aliphatic heterocycles.